The summed E-state index contributed by atoms with van der Waals surface area (Å²) in [4.78, 5) is 22.0. The van der Waals surface area contributed by atoms with Crippen molar-refractivity contribution in [3.05, 3.63) is 61.6 Å². The lowest BCUT2D eigenvalue weighted by Crippen LogP contribution is -2.27. The summed E-state index contributed by atoms with van der Waals surface area (Å²) < 4.78 is 5.51. The number of rotatable bonds is 5. The zero-order valence-electron chi connectivity index (χ0n) is 10.1. The molecule has 0 saturated heterocycles. The van der Waals surface area contributed by atoms with E-state index in [0.717, 1.165) is 12.2 Å². The first kappa shape index (κ1) is 13.4. The number of ether oxygens (including phenoxy) is 1. The Bertz CT molecular complexity index is 646. The summed E-state index contributed by atoms with van der Waals surface area (Å²) in [5, 5.41) is 5.62. The lowest BCUT2D eigenvalue weighted by Gasteiger charge is -2.05. The number of aromatic amines is 2. The molecule has 1 aromatic carbocycles. The van der Waals surface area contributed by atoms with Crippen LogP contribution in [0, 0.1) is 0 Å². The fraction of sp³-hybridized carbons (Fsp3) is 0.231. The van der Waals surface area contributed by atoms with E-state index < -0.39 is 11.0 Å². The van der Waals surface area contributed by atoms with Gasteiger partial charge < -0.3 is 9.84 Å². The number of nitrogens with one attached hydrogen (secondary N) is 2. The Labute approximate surface area is 114 Å². The summed E-state index contributed by atoms with van der Waals surface area (Å²) in [6.45, 7) is 0.517. The highest BCUT2D eigenvalue weighted by Gasteiger charge is 1.99. The fourth-order valence-corrected chi connectivity index (χ4v) is 1.70. The van der Waals surface area contributed by atoms with Gasteiger partial charge in [-0.15, -0.1) is 0 Å². The van der Waals surface area contributed by atoms with Crippen LogP contribution in [0.25, 0.3) is 0 Å². The molecule has 1 heterocycles. The van der Waals surface area contributed by atoms with Gasteiger partial charge in [0.1, 0.15) is 5.75 Å². The van der Waals surface area contributed by atoms with Crippen LogP contribution in [0.3, 0.4) is 0 Å². The van der Waals surface area contributed by atoms with Gasteiger partial charge in [-0.2, -0.15) is 0 Å². The van der Waals surface area contributed by atoms with Crippen molar-refractivity contribution in [3.63, 3.8) is 0 Å². The highest BCUT2D eigenvalue weighted by atomic mass is 35.5. The minimum Gasteiger partial charge on any atom is -0.494 e. The molecule has 100 valence electrons. The molecule has 2 rings (SSSR count). The van der Waals surface area contributed by atoms with Crippen molar-refractivity contribution in [3.8, 4) is 5.75 Å². The van der Waals surface area contributed by atoms with E-state index in [2.05, 4.69) is 10.2 Å². The third-order valence-corrected chi connectivity index (χ3v) is 2.79. The molecule has 5 nitrogen and oxygen atoms in total. The second-order valence-corrected chi connectivity index (χ2v) is 4.46. The molecule has 2 aromatic rings. The van der Waals surface area contributed by atoms with Gasteiger partial charge in [0, 0.05) is 16.8 Å². The van der Waals surface area contributed by atoms with Crippen molar-refractivity contribution in [2.75, 3.05) is 6.61 Å². The van der Waals surface area contributed by atoms with Crippen molar-refractivity contribution in [1.29, 1.82) is 0 Å². The maximum Gasteiger partial charge on any atom is 0.310 e. The summed E-state index contributed by atoms with van der Waals surface area (Å²) in [6.07, 6.45) is 1.35. The SMILES string of the molecule is O=c1cc(CCCOc2ccc(Cl)cc2)[nH][nH]c1=O. The Morgan fingerprint density at radius 3 is 2.53 bits per heavy atom. The van der Waals surface area contributed by atoms with Crippen LogP contribution in [-0.4, -0.2) is 16.8 Å². The number of H-pyrrole nitrogens is 2. The molecule has 0 saturated carbocycles. The van der Waals surface area contributed by atoms with Gasteiger partial charge >= 0.3 is 5.56 Å². The van der Waals surface area contributed by atoms with Gasteiger partial charge in [0.15, 0.2) is 0 Å². The number of benzene rings is 1. The fourth-order valence-electron chi connectivity index (χ4n) is 1.58. The number of aryl methyl sites for hydroxylation is 1. The van der Waals surface area contributed by atoms with Crippen molar-refractivity contribution < 1.29 is 4.74 Å². The normalized spacial score (nSPS) is 10.4. The van der Waals surface area contributed by atoms with Crippen molar-refractivity contribution in [1.82, 2.24) is 10.2 Å². The van der Waals surface area contributed by atoms with E-state index in [1.807, 2.05) is 0 Å². The molecule has 0 unspecified atom stereocenters. The summed E-state index contributed by atoms with van der Waals surface area (Å²) >= 11 is 5.76. The van der Waals surface area contributed by atoms with Crippen LogP contribution in [0.1, 0.15) is 12.1 Å². The van der Waals surface area contributed by atoms with Crippen molar-refractivity contribution >= 4 is 11.6 Å². The third-order valence-electron chi connectivity index (χ3n) is 2.54. The first-order chi connectivity index (χ1) is 9.15. The number of halogens is 1. The second-order valence-electron chi connectivity index (χ2n) is 4.02. The second kappa shape index (κ2) is 6.24. The molecule has 0 bridgehead atoms. The minimum absolute atomic E-state index is 0.517. The molecule has 0 atom stereocenters. The third kappa shape index (κ3) is 3.99. The van der Waals surface area contributed by atoms with E-state index in [1.54, 1.807) is 24.3 Å². The molecule has 0 fully saturated rings. The molecule has 19 heavy (non-hydrogen) atoms. The lowest BCUT2D eigenvalue weighted by atomic mass is 10.2. The molecular weight excluding hydrogens is 268 g/mol. The zero-order valence-corrected chi connectivity index (χ0v) is 10.9. The molecule has 6 heteroatoms. The van der Waals surface area contributed by atoms with Gasteiger partial charge in [-0.05, 0) is 37.1 Å². The number of hydrogen-bond acceptors (Lipinski definition) is 3. The van der Waals surface area contributed by atoms with E-state index in [-0.39, 0.29) is 0 Å². The predicted molar refractivity (Wildman–Crippen MR) is 73.0 cm³/mol. The van der Waals surface area contributed by atoms with Crippen LogP contribution in [0.15, 0.2) is 39.9 Å². The molecule has 0 radical (unpaired) electrons. The topological polar surface area (TPSA) is 75.0 Å². The summed E-state index contributed by atoms with van der Waals surface area (Å²) in [5.41, 5.74) is -0.488. The van der Waals surface area contributed by atoms with Crippen LogP contribution in [0.5, 0.6) is 5.75 Å². The Balaban J connectivity index is 1.80. The standard InChI is InChI=1S/C13H13ClN2O3/c14-9-3-5-11(6-4-9)19-7-1-2-10-8-12(17)13(18)16-15-10/h3-6,8H,1-2,7H2,(H,15,17)(H,16,18). The minimum atomic E-state index is -0.638. The molecule has 2 N–H and O–H groups in total. The highest BCUT2D eigenvalue weighted by molar-refractivity contribution is 6.30. The predicted octanol–water partition coefficient (Wildman–Crippen LogP) is 1.73. The van der Waals surface area contributed by atoms with Gasteiger partial charge in [-0.3, -0.25) is 14.7 Å². The largest absolute Gasteiger partial charge is 0.494 e. The highest BCUT2D eigenvalue weighted by Crippen LogP contribution is 2.15. The average molecular weight is 281 g/mol. The number of hydrogen-bond donors (Lipinski definition) is 2. The Hall–Kier alpha value is -2.01. The lowest BCUT2D eigenvalue weighted by molar-refractivity contribution is 0.310. The monoisotopic (exact) mass is 280 g/mol. The smallest absolute Gasteiger partial charge is 0.310 e. The van der Waals surface area contributed by atoms with E-state index in [4.69, 9.17) is 16.3 Å². The number of aromatic nitrogens is 2. The van der Waals surface area contributed by atoms with Crippen LogP contribution in [0.4, 0.5) is 0 Å². The first-order valence-corrected chi connectivity index (χ1v) is 6.22. The van der Waals surface area contributed by atoms with Gasteiger partial charge in [0.05, 0.1) is 6.61 Å². The van der Waals surface area contributed by atoms with E-state index >= 15 is 0 Å². The van der Waals surface area contributed by atoms with Crippen LogP contribution >= 0.6 is 11.6 Å². The van der Waals surface area contributed by atoms with Crippen molar-refractivity contribution in [2.45, 2.75) is 12.8 Å². The molecule has 0 aliphatic heterocycles. The molecular formula is C13H13ClN2O3. The van der Waals surface area contributed by atoms with Crippen molar-refractivity contribution in [2.24, 2.45) is 0 Å². The summed E-state index contributed by atoms with van der Waals surface area (Å²) in [5.74, 6) is 0.749. The van der Waals surface area contributed by atoms with Gasteiger partial charge in [0.25, 0.3) is 0 Å². The van der Waals surface area contributed by atoms with Gasteiger partial charge in [-0.1, -0.05) is 11.6 Å². The van der Waals surface area contributed by atoms with E-state index in [0.29, 0.717) is 23.7 Å². The average Bonchev–Trinajstić information content (AvgIpc) is 2.41. The molecule has 0 aliphatic rings. The summed E-state index contributed by atoms with van der Waals surface area (Å²) in [7, 11) is 0. The van der Waals surface area contributed by atoms with Crippen LogP contribution in [-0.2, 0) is 6.42 Å². The maximum atomic E-state index is 11.1. The first-order valence-electron chi connectivity index (χ1n) is 5.84. The van der Waals surface area contributed by atoms with Gasteiger partial charge in [0.2, 0.25) is 5.43 Å². The van der Waals surface area contributed by atoms with E-state index in [9.17, 15) is 9.59 Å². The Morgan fingerprint density at radius 2 is 1.84 bits per heavy atom. The maximum absolute atomic E-state index is 11.1. The van der Waals surface area contributed by atoms with Crippen LogP contribution in [0.2, 0.25) is 5.02 Å². The molecule has 0 aliphatic carbocycles. The Morgan fingerprint density at radius 1 is 1.11 bits per heavy atom. The summed E-state index contributed by atoms with van der Waals surface area (Å²) in [6, 6.07) is 8.42. The van der Waals surface area contributed by atoms with Gasteiger partial charge in [-0.25, -0.2) is 0 Å². The quantitative estimate of drug-likeness (QED) is 0.647. The molecule has 1 aromatic heterocycles. The molecule has 0 amide bonds. The van der Waals surface area contributed by atoms with E-state index in [1.165, 1.54) is 6.07 Å². The van der Waals surface area contributed by atoms with Crippen LogP contribution < -0.4 is 15.7 Å². The molecule has 0 spiro atoms. The zero-order chi connectivity index (χ0) is 13.7. The Kier molecular flexibility index (Phi) is 4.41.